The maximum absolute atomic E-state index is 11.8. The molecule has 0 fully saturated rings. The van der Waals surface area contributed by atoms with Crippen molar-refractivity contribution in [3.63, 3.8) is 0 Å². The van der Waals surface area contributed by atoms with Crippen LogP contribution >= 0.6 is 0 Å². The van der Waals surface area contributed by atoms with Crippen LogP contribution in [0.5, 0.6) is 5.75 Å². The van der Waals surface area contributed by atoms with Crippen LogP contribution in [-0.2, 0) is 31.4 Å². The van der Waals surface area contributed by atoms with Crippen molar-refractivity contribution in [1.29, 1.82) is 0 Å². The highest BCUT2D eigenvalue weighted by atomic mass is 16.7. The number of rotatable bonds is 7. The van der Waals surface area contributed by atoms with Crippen LogP contribution in [0.1, 0.15) is 37.1 Å². The maximum Gasteiger partial charge on any atom is 0.302 e. The third-order valence-electron chi connectivity index (χ3n) is 5.40. The highest BCUT2D eigenvalue weighted by molar-refractivity contribution is 6.39. The number of nitrogens with zero attached hydrogens (tertiary/aromatic N) is 2. The van der Waals surface area contributed by atoms with E-state index in [1.54, 1.807) is 0 Å². The predicted octanol–water partition coefficient (Wildman–Crippen LogP) is 4.25. The van der Waals surface area contributed by atoms with Crippen molar-refractivity contribution in [2.24, 2.45) is 5.16 Å². The van der Waals surface area contributed by atoms with E-state index in [4.69, 9.17) is 14.3 Å². The van der Waals surface area contributed by atoms with E-state index < -0.39 is 11.6 Å². The first-order valence-electron chi connectivity index (χ1n) is 10.3. The van der Waals surface area contributed by atoms with Gasteiger partial charge in [0.05, 0.1) is 5.52 Å². The Balaban J connectivity index is 1.52. The third-order valence-corrected chi connectivity index (χ3v) is 5.40. The largest absolute Gasteiger partial charge is 0.489 e. The zero-order chi connectivity index (χ0) is 22.7. The lowest BCUT2D eigenvalue weighted by Gasteiger charge is -2.26. The molecule has 2 aromatic carbocycles. The lowest BCUT2D eigenvalue weighted by Crippen LogP contribution is -2.33. The first-order valence-corrected chi connectivity index (χ1v) is 10.3. The fourth-order valence-corrected chi connectivity index (χ4v) is 3.73. The van der Waals surface area contributed by atoms with E-state index in [1.807, 2.05) is 61.5 Å². The van der Waals surface area contributed by atoms with Crippen molar-refractivity contribution in [3.05, 3.63) is 71.4 Å². The van der Waals surface area contributed by atoms with Gasteiger partial charge in [-0.3, -0.25) is 14.6 Å². The Morgan fingerprint density at radius 3 is 2.53 bits per heavy atom. The minimum atomic E-state index is -1.02. The summed E-state index contributed by atoms with van der Waals surface area (Å²) >= 11 is 0. The molecule has 2 heterocycles. The number of carbonyl (C=O) groups is 2. The molecule has 4 rings (SSSR count). The van der Waals surface area contributed by atoms with Gasteiger partial charge in [-0.1, -0.05) is 35.5 Å². The molecule has 164 valence electrons. The first-order chi connectivity index (χ1) is 15.4. The van der Waals surface area contributed by atoms with Crippen LogP contribution in [0.2, 0.25) is 0 Å². The van der Waals surface area contributed by atoms with Crippen molar-refractivity contribution < 1.29 is 23.9 Å². The molecule has 0 amide bonds. The number of carbonyl (C=O) groups excluding carboxylic acids is 2. The summed E-state index contributed by atoms with van der Waals surface area (Å²) in [6.07, 6.45) is 0.234. The molecule has 0 spiro atoms. The Hall–Kier alpha value is -3.74. The van der Waals surface area contributed by atoms with Gasteiger partial charge in [0.1, 0.15) is 24.7 Å². The van der Waals surface area contributed by atoms with Crippen LogP contribution in [0.4, 0.5) is 0 Å². The molecule has 1 aliphatic rings. The number of fused-ring (bicyclic) bond motifs is 1. The average Bonchev–Trinajstić information content (AvgIpc) is 3.22. The molecule has 3 aromatic rings. The molecule has 1 atom stereocenters. The van der Waals surface area contributed by atoms with E-state index in [0.29, 0.717) is 18.1 Å². The molecular formula is C25H24N2O5. The van der Waals surface area contributed by atoms with Crippen molar-refractivity contribution in [2.75, 3.05) is 6.61 Å². The fraction of sp³-hybridized carbons (Fsp3) is 0.280. The third kappa shape index (κ3) is 4.46. The zero-order valence-electron chi connectivity index (χ0n) is 18.3. The van der Waals surface area contributed by atoms with Crippen molar-refractivity contribution in [1.82, 2.24) is 4.98 Å². The van der Waals surface area contributed by atoms with Gasteiger partial charge in [0.2, 0.25) is 5.60 Å². The van der Waals surface area contributed by atoms with Gasteiger partial charge in [0.15, 0.2) is 5.78 Å². The number of ketones is 1. The van der Waals surface area contributed by atoms with Gasteiger partial charge >= 0.3 is 5.97 Å². The van der Waals surface area contributed by atoms with Gasteiger partial charge < -0.3 is 14.3 Å². The van der Waals surface area contributed by atoms with E-state index in [9.17, 15) is 9.59 Å². The smallest absolute Gasteiger partial charge is 0.302 e. The minimum absolute atomic E-state index is 0.0366. The van der Waals surface area contributed by atoms with Gasteiger partial charge in [-0.2, -0.15) is 0 Å². The van der Waals surface area contributed by atoms with Crippen molar-refractivity contribution in [3.8, 4) is 5.75 Å². The summed E-state index contributed by atoms with van der Waals surface area (Å²) < 4.78 is 11.2. The number of para-hydroxylation sites is 1. The summed E-state index contributed by atoms with van der Waals surface area (Å²) in [6.45, 7) is 5.09. The lowest BCUT2D eigenvalue weighted by atomic mass is 9.89. The molecule has 32 heavy (non-hydrogen) atoms. The number of pyridine rings is 1. The number of Topliss-reactive ketones (excluding diaryl/α,β-unsaturated/α-hetero) is 1. The SMILES string of the molecule is CC(=O)OCC1(c2ccc(OCc3cc(C)nc4ccccc34)cc2)CC(C(C)=O)=NO1. The molecule has 0 aliphatic carbocycles. The van der Waals surface area contributed by atoms with Gasteiger partial charge in [0, 0.05) is 42.5 Å². The normalized spacial score (nSPS) is 17.5. The first kappa shape index (κ1) is 21.5. The number of ether oxygens (including phenoxy) is 2. The Labute approximate surface area is 186 Å². The Bertz CT molecular complexity index is 1200. The van der Waals surface area contributed by atoms with Crippen LogP contribution < -0.4 is 4.74 Å². The fourth-order valence-electron chi connectivity index (χ4n) is 3.73. The van der Waals surface area contributed by atoms with Crippen LogP contribution in [-0.4, -0.2) is 29.1 Å². The number of benzene rings is 2. The van der Waals surface area contributed by atoms with Crippen LogP contribution in [0.15, 0.2) is 59.8 Å². The molecule has 0 saturated heterocycles. The molecule has 7 nitrogen and oxygen atoms in total. The Morgan fingerprint density at radius 2 is 1.84 bits per heavy atom. The molecule has 0 saturated carbocycles. The molecule has 1 unspecified atom stereocenters. The second-order valence-electron chi connectivity index (χ2n) is 7.89. The van der Waals surface area contributed by atoms with E-state index in [0.717, 1.165) is 27.7 Å². The number of aryl methyl sites for hydroxylation is 1. The monoisotopic (exact) mass is 432 g/mol. The summed E-state index contributed by atoms with van der Waals surface area (Å²) in [4.78, 5) is 33.3. The van der Waals surface area contributed by atoms with Crippen LogP contribution in [0.25, 0.3) is 10.9 Å². The average molecular weight is 432 g/mol. The number of esters is 1. The van der Waals surface area contributed by atoms with Gasteiger partial charge in [0.25, 0.3) is 0 Å². The predicted molar refractivity (Wildman–Crippen MR) is 119 cm³/mol. The van der Waals surface area contributed by atoms with Gasteiger partial charge in [-0.15, -0.1) is 0 Å². The Kier molecular flexibility index (Phi) is 5.90. The summed E-state index contributed by atoms with van der Waals surface area (Å²) in [5, 5.41) is 4.98. The molecule has 0 N–H and O–H groups in total. The van der Waals surface area contributed by atoms with Crippen LogP contribution in [0, 0.1) is 6.92 Å². The summed E-state index contributed by atoms with van der Waals surface area (Å²) in [5.41, 5.74) is 2.97. The van der Waals surface area contributed by atoms with Crippen LogP contribution in [0.3, 0.4) is 0 Å². The summed E-state index contributed by atoms with van der Waals surface area (Å²) in [7, 11) is 0. The molecule has 1 aliphatic heterocycles. The highest BCUT2D eigenvalue weighted by Gasteiger charge is 2.43. The van der Waals surface area contributed by atoms with Crippen molar-refractivity contribution in [2.45, 2.75) is 39.4 Å². The van der Waals surface area contributed by atoms with E-state index in [2.05, 4.69) is 10.1 Å². The summed E-state index contributed by atoms with van der Waals surface area (Å²) in [6, 6.07) is 17.3. The zero-order valence-corrected chi connectivity index (χ0v) is 18.3. The van der Waals surface area contributed by atoms with Gasteiger partial charge in [-0.05, 0) is 31.2 Å². The lowest BCUT2D eigenvalue weighted by molar-refractivity contribution is -0.152. The second-order valence-corrected chi connectivity index (χ2v) is 7.89. The van der Waals surface area contributed by atoms with Gasteiger partial charge in [-0.25, -0.2) is 0 Å². The number of oxime groups is 1. The number of hydrogen-bond donors (Lipinski definition) is 0. The summed E-state index contributed by atoms with van der Waals surface area (Å²) in [5.74, 6) is 0.0826. The molecule has 7 heteroatoms. The quantitative estimate of drug-likeness (QED) is 0.519. The topological polar surface area (TPSA) is 87.1 Å². The molecule has 0 radical (unpaired) electrons. The van der Waals surface area contributed by atoms with Crippen molar-refractivity contribution >= 4 is 28.4 Å². The standard InChI is InChI=1S/C25H24N2O5/c1-16-12-19(22-6-4-5-7-23(22)26-16)14-30-21-10-8-20(9-11-21)25(15-31-18(3)29)13-24(17(2)28)27-32-25/h4-12H,13-15H2,1-3H3. The minimum Gasteiger partial charge on any atom is -0.489 e. The molecule has 0 bridgehead atoms. The number of hydrogen-bond acceptors (Lipinski definition) is 7. The Morgan fingerprint density at radius 1 is 1.09 bits per heavy atom. The maximum atomic E-state index is 11.8. The van der Waals surface area contributed by atoms with E-state index in [-0.39, 0.29) is 18.8 Å². The second kappa shape index (κ2) is 8.78. The van der Waals surface area contributed by atoms with E-state index in [1.165, 1.54) is 13.8 Å². The molecular weight excluding hydrogens is 408 g/mol. The van der Waals surface area contributed by atoms with E-state index >= 15 is 0 Å². The molecule has 1 aromatic heterocycles. The highest BCUT2D eigenvalue weighted by Crippen LogP contribution is 2.36. The number of aromatic nitrogens is 1.